The fourth-order valence-electron chi connectivity index (χ4n) is 4.61. The molecule has 0 aliphatic rings. The summed E-state index contributed by atoms with van der Waals surface area (Å²) in [4.78, 5) is 29.9. The van der Waals surface area contributed by atoms with E-state index in [4.69, 9.17) is 25.8 Å². The van der Waals surface area contributed by atoms with E-state index in [0.717, 1.165) is 15.4 Å². The summed E-state index contributed by atoms with van der Waals surface area (Å²) in [6.07, 6.45) is 1.40. The molecule has 2 N–H and O–H groups in total. The fourth-order valence-corrected chi connectivity index (χ4v) is 6.54. The van der Waals surface area contributed by atoms with Crippen LogP contribution in [0.1, 0.15) is 40.3 Å². The Hall–Kier alpha value is -3.64. The number of hydrogen-bond acceptors (Lipinski definition) is 6. The van der Waals surface area contributed by atoms with Gasteiger partial charge in [-0.2, -0.15) is 5.10 Å². The van der Waals surface area contributed by atoms with Crippen molar-refractivity contribution in [3.63, 3.8) is 0 Å². The number of halogens is 4. The summed E-state index contributed by atoms with van der Waals surface area (Å²) >= 11 is 17.0. The topological polar surface area (TPSA) is 102 Å². The number of nitrogens with one attached hydrogen (secondary N) is 2. The van der Waals surface area contributed by atoms with Gasteiger partial charge in [-0.05, 0) is 84.4 Å². The summed E-state index contributed by atoms with van der Waals surface area (Å²) in [5, 5.41) is 5.52. The molecule has 0 unspecified atom stereocenters. The number of aromatic nitrogens is 1. The van der Waals surface area contributed by atoms with Gasteiger partial charge < -0.3 is 19.2 Å². The van der Waals surface area contributed by atoms with Crippen LogP contribution in [0.2, 0.25) is 5.02 Å². The molecule has 8 nitrogen and oxygen atoms in total. The summed E-state index contributed by atoms with van der Waals surface area (Å²) in [6, 6.07) is 21.3. The molecule has 45 heavy (non-hydrogen) atoms. The van der Waals surface area contributed by atoms with Crippen LogP contribution in [-0.2, 0) is 0 Å². The van der Waals surface area contributed by atoms with E-state index in [0.29, 0.717) is 55.4 Å². The fraction of sp³-hybridized carbons (Fsp3) is 0.121. The number of hydrogen-bond donors (Lipinski definition) is 2. The largest absolute Gasteiger partial charge is 0.490 e. The lowest BCUT2D eigenvalue weighted by molar-refractivity contribution is 0.0732. The van der Waals surface area contributed by atoms with E-state index in [1.54, 1.807) is 36.4 Å². The first-order valence-corrected chi connectivity index (χ1v) is 16.5. The predicted octanol–water partition coefficient (Wildman–Crippen LogP) is 9.56. The Morgan fingerprint density at radius 3 is 2.42 bits per heavy atom. The van der Waals surface area contributed by atoms with E-state index in [-0.39, 0.29) is 17.0 Å². The SMILES string of the molecule is CCOc1ccc(C(=O)Oc2c(Br)cc(Br)cc2C=NNC(=O)c2[nH]c3ccc(Br)cc3c2-c2ccccc2Cl)cc1OCC. The molecule has 12 heteroatoms. The summed E-state index contributed by atoms with van der Waals surface area (Å²) < 4.78 is 19.1. The lowest BCUT2D eigenvalue weighted by atomic mass is 10.0. The van der Waals surface area contributed by atoms with Gasteiger partial charge in [-0.25, -0.2) is 10.2 Å². The number of rotatable bonds is 10. The number of amides is 1. The molecule has 0 saturated carbocycles. The van der Waals surface area contributed by atoms with Crippen molar-refractivity contribution in [2.24, 2.45) is 5.10 Å². The summed E-state index contributed by atoms with van der Waals surface area (Å²) in [7, 11) is 0. The molecule has 230 valence electrons. The summed E-state index contributed by atoms with van der Waals surface area (Å²) in [6.45, 7) is 4.57. The lowest BCUT2D eigenvalue weighted by Gasteiger charge is -2.13. The highest BCUT2D eigenvalue weighted by molar-refractivity contribution is 9.11. The molecule has 0 atom stereocenters. The molecular weight excluding hydrogens is 794 g/mol. The molecular formula is C33H25Br3ClN3O5. The van der Waals surface area contributed by atoms with Crippen LogP contribution in [0.15, 0.2) is 91.3 Å². The number of benzene rings is 4. The number of fused-ring (bicyclic) bond motifs is 1. The van der Waals surface area contributed by atoms with E-state index >= 15 is 0 Å². The minimum atomic E-state index is -0.616. The quantitative estimate of drug-likeness (QED) is 0.0633. The average molecular weight is 819 g/mol. The molecule has 0 radical (unpaired) electrons. The minimum absolute atomic E-state index is 0.209. The van der Waals surface area contributed by atoms with Gasteiger partial charge in [0, 0.05) is 41.6 Å². The maximum atomic E-state index is 13.5. The zero-order valence-electron chi connectivity index (χ0n) is 23.9. The first-order chi connectivity index (χ1) is 21.7. The third-order valence-corrected chi connectivity index (χ3v) is 8.38. The van der Waals surface area contributed by atoms with Crippen LogP contribution >= 0.6 is 59.4 Å². The Balaban J connectivity index is 1.43. The summed E-state index contributed by atoms with van der Waals surface area (Å²) in [5.41, 5.74) is 5.67. The van der Waals surface area contributed by atoms with E-state index in [9.17, 15) is 9.59 Å². The molecule has 0 fully saturated rings. The molecule has 1 aromatic heterocycles. The number of H-pyrrole nitrogens is 1. The van der Waals surface area contributed by atoms with Crippen molar-refractivity contribution in [1.29, 1.82) is 0 Å². The Morgan fingerprint density at radius 2 is 1.67 bits per heavy atom. The van der Waals surface area contributed by atoms with Crippen molar-refractivity contribution in [2.75, 3.05) is 13.2 Å². The predicted molar refractivity (Wildman–Crippen MR) is 187 cm³/mol. The first-order valence-electron chi connectivity index (χ1n) is 13.7. The van der Waals surface area contributed by atoms with Crippen LogP contribution in [0.25, 0.3) is 22.0 Å². The number of carbonyl (C=O) groups is 2. The van der Waals surface area contributed by atoms with Crippen LogP contribution in [0.4, 0.5) is 0 Å². The second-order valence-electron chi connectivity index (χ2n) is 9.47. The number of ether oxygens (including phenoxy) is 3. The lowest BCUT2D eigenvalue weighted by Crippen LogP contribution is -2.19. The van der Waals surface area contributed by atoms with Gasteiger partial charge in [-0.1, -0.05) is 61.7 Å². The maximum absolute atomic E-state index is 13.5. The molecule has 1 heterocycles. The normalized spacial score (nSPS) is 11.2. The second-order valence-corrected chi connectivity index (χ2v) is 12.6. The Morgan fingerprint density at radius 1 is 0.911 bits per heavy atom. The van der Waals surface area contributed by atoms with E-state index in [1.807, 2.05) is 50.2 Å². The number of aromatic amines is 1. The highest BCUT2D eigenvalue weighted by atomic mass is 79.9. The van der Waals surface area contributed by atoms with Gasteiger partial charge in [0.1, 0.15) is 5.69 Å². The third kappa shape index (κ3) is 7.44. The van der Waals surface area contributed by atoms with Gasteiger partial charge in [0.2, 0.25) is 0 Å². The van der Waals surface area contributed by atoms with E-state index in [2.05, 4.69) is 63.3 Å². The van der Waals surface area contributed by atoms with Gasteiger partial charge in [0.25, 0.3) is 5.91 Å². The third-order valence-electron chi connectivity index (χ3n) is 6.51. The smallest absolute Gasteiger partial charge is 0.343 e. The molecule has 0 aliphatic heterocycles. The van der Waals surface area contributed by atoms with Gasteiger partial charge in [0.05, 0.1) is 29.5 Å². The maximum Gasteiger partial charge on any atom is 0.343 e. The number of hydrazone groups is 1. The molecule has 1 amide bonds. The molecule has 5 rings (SSSR count). The summed E-state index contributed by atoms with van der Waals surface area (Å²) in [5.74, 6) is 0.0757. The Bertz CT molecular complexity index is 1940. The van der Waals surface area contributed by atoms with Crippen molar-refractivity contribution in [2.45, 2.75) is 13.8 Å². The van der Waals surface area contributed by atoms with Crippen molar-refractivity contribution in [3.05, 3.63) is 108 Å². The molecule has 5 aromatic rings. The van der Waals surface area contributed by atoms with E-state index in [1.165, 1.54) is 6.21 Å². The number of esters is 1. The number of nitrogens with zero attached hydrogens (tertiary/aromatic N) is 1. The minimum Gasteiger partial charge on any atom is -0.490 e. The van der Waals surface area contributed by atoms with E-state index < -0.39 is 11.9 Å². The van der Waals surface area contributed by atoms with Gasteiger partial charge in [0.15, 0.2) is 17.2 Å². The van der Waals surface area contributed by atoms with Crippen molar-refractivity contribution < 1.29 is 23.8 Å². The second kappa shape index (κ2) is 14.6. The molecule has 0 bridgehead atoms. The standard InChI is InChI=1S/C33H25Br3ClN3O5/c1-3-43-27-12-9-18(14-28(27)44-4-2)33(42)45-31-19(13-21(35)16-24(31)36)17-38-40-32(41)30-29(22-7-5-6-8-25(22)37)23-15-20(34)10-11-26(23)39-30/h5-17,39H,3-4H2,1-2H3,(H,40,41). The Kier molecular flexibility index (Phi) is 10.7. The monoisotopic (exact) mass is 815 g/mol. The Labute approximate surface area is 289 Å². The van der Waals surface area contributed by atoms with Gasteiger partial charge in [-0.3, -0.25) is 4.79 Å². The number of carbonyl (C=O) groups excluding carboxylic acids is 2. The van der Waals surface area contributed by atoms with Crippen LogP contribution in [-0.4, -0.2) is 36.3 Å². The van der Waals surface area contributed by atoms with Crippen molar-refractivity contribution in [1.82, 2.24) is 10.4 Å². The molecule has 0 saturated heterocycles. The highest BCUT2D eigenvalue weighted by Gasteiger charge is 2.22. The van der Waals surface area contributed by atoms with Crippen molar-refractivity contribution >= 4 is 88.4 Å². The zero-order chi connectivity index (χ0) is 32.1. The average Bonchev–Trinajstić information content (AvgIpc) is 3.38. The van der Waals surface area contributed by atoms with Crippen LogP contribution in [0.5, 0.6) is 17.2 Å². The molecule has 4 aromatic carbocycles. The zero-order valence-corrected chi connectivity index (χ0v) is 29.4. The molecule has 0 spiro atoms. The van der Waals surface area contributed by atoms with Crippen LogP contribution in [0.3, 0.4) is 0 Å². The first kappa shape index (κ1) is 32.7. The molecule has 0 aliphatic carbocycles. The van der Waals surface area contributed by atoms with Crippen molar-refractivity contribution in [3.8, 4) is 28.4 Å². The highest BCUT2D eigenvalue weighted by Crippen LogP contribution is 2.38. The van der Waals surface area contributed by atoms with Crippen LogP contribution < -0.4 is 19.6 Å². The van der Waals surface area contributed by atoms with Crippen LogP contribution in [0, 0.1) is 0 Å². The van der Waals surface area contributed by atoms with Gasteiger partial charge in [-0.15, -0.1) is 0 Å². The van der Waals surface area contributed by atoms with Gasteiger partial charge >= 0.3 is 5.97 Å².